The Bertz CT molecular complexity index is 756. The van der Waals surface area contributed by atoms with Crippen LogP contribution in [0, 0.1) is 5.92 Å². The predicted octanol–water partition coefficient (Wildman–Crippen LogP) is 3.67. The van der Waals surface area contributed by atoms with Gasteiger partial charge in [-0.25, -0.2) is 0 Å². The third-order valence-corrected chi connectivity index (χ3v) is 4.54. The van der Waals surface area contributed by atoms with Crippen molar-refractivity contribution in [2.45, 2.75) is 20.0 Å². The lowest BCUT2D eigenvalue weighted by molar-refractivity contribution is -0.143. The molecule has 140 valence electrons. The van der Waals surface area contributed by atoms with Gasteiger partial charge in [0, 0.05) is 19.3 Å². The van der Waals surface area contributed by atoms with Crippen LogP contribution in [0.5, 0.6) is 0 Å². The Hall–Kier alpha value is -2.00. The fourth-order valence-corrected chi connectivity index (χ4v) is 3.10. The molecule has 0 saturated carbocycles. The molecule has 0 unspecified atom stereocenters. The van der Waals surface area contributed by atoms with Crippen molar-refractivity contribution in [3.05, 3.63) is 28.8 Å². The van der Waals surface area contributed by atoms with E-state index in [1.165, 1.54) is 9.80 Å². The minimum Gasteiger partial charge on any atom is -0.288 e. The summed E-state index contributed by atoms with van der Waals surface area (Å²) in [5.41, 5.74) is -0.884. The Morgan fingerprint density at radius 3 is 2.15 bits per heavy atom. The third-order valence-electron chi connectivity index (χ3n) is 3.80. The van der Waals surface area contributed by atoms with Crippen molar-refractivity contribution in [2.75, 3.05) is 13.1 Å². The Morgan fingerprint density at radius 1 is 1.19 bits per heavy atom. The van der Waals surface area contributed by atoms with E-state index in [1.807, 2.05) is 0 Å². The van der Waals surface area contributed by atoms with Gasteiger partial charge in [0.15, 0.2) is 11.0 Å². The number of nitrogens with zero attached hydrogens (tertiary/aromatic N) is 3. The van der Waals surface area contributed by atoms with Gasteiger partial charge in [-0.1, -0.05) is 11.6 Å². The lowest BCUT2D eigenvalue weighted by atomic mass is 10.1. The molecule has 10 heteroatoms. The van der Waals surface area contributed by atoms with Gasteiger partial charge in [0.05, 0.1) is 16.3 Å². The van der Waals surface area contributed by atoms with Crippen LogP contribution in [0.4, 0.5) is 18.9 Å². The van der Waals surface area contributed by atoms with Gasteiger partial charge in [-0.15, -0.1) is 0 Å². The van der Waals surface area contributed by atoms with Gasteiger partial charge in [0.25, 0.3) is 0 Å². The molecule has 2 rings (SSSR count). The second-order valence-electron chi connectivity index (χ2n) is 5.37. The number of hydrogen-bond donors (Lipinski definition) is 0. The SMILES string of the molecule is CCN1C(=O)C(C=Nc2ccc(C(F)(F)F)cc2Cl)C(=O)N(CC)C1=S. The van der Waals surface area contributed by atoms with E-state index in [9.17, 15) is 22.8 Å². The quantitative estimate of drug-likeness (QED) is 0.436. The summed E-state index contributed by atoms with van der Waals surface area (Å²) >= 11 is 11.0. The molecule has 0 aromatic heterocycles. The molecule has 1 aromatic rings. The fraction of sp³-hybridized carbons (Fsp3) is 0.375. The number of thiocarbonyl (C=S) groups is 1. The summed E-state index contributed by atoms with van der Waals surface area (Å²) in [7, 11) is 0. The first kappa shape index (κ1) is 20.3. The average Bonchev–Trinajstić information content (AvgIpc) is 2.55. The molecular weight excluding hydrogens is 391 g/mol. The number of alkyl halides is 3. The van der Waals surface area contributed by atoms with Crippen LogP contribution in [0.2, 0.25) is 5.02 Å². The molecule has 1 aliphatic heterocycles. The first-order valence-corrected chi connectivity index (χ1v) is 8.48. The molecule has 1 fully saturated rings. The summed E-state index contributed by atoms with van der Waals surface area (Å²) in [4.78, 5) is 31.4. The van der Waals surface area contributed by atoms with Gasteiger partial charge in [-0.2, -0.15) is 13.2 Å². The molecular formula is C16H15ClF3N3O2S. The van der Waals surface area contributed by atoms with Crippen LogP contribution in [0.3, 0.4) is 0 Å². The zero-order valence-corrected chi connectivity index (χ0v) is 15.5. The lowest BCUT2D eigenvalue weighted by Crippen LogP contribution is -2.59. The van der Waals surface area contributed by atoms with Crippen LogP contribution in [0.15, 0.2) is 23.2 Å². The number of halogens is 4. The largest absolute Gasteiger partial charge is 0.416 e. The first-order chi connectivity index (χ1) is 12.1. The molecule has 0 aliphatic carbocycles. The topological polar surface area (TPSA) is 53.0 Å². The number of carbonyl (C=O) groups excluding carboxylic acids is 2. The molecule has 0 N–H and O–H groups in total. The highest BCUT2D eigenvalue weighted by molar-refractivity contribution is 7.80. The summed E-state index contributed by atoms with van der Waals surface area (Å²) < 4.78 is 38.0. The molecule has 26 heavy (non-hydrogen) atoms. The van der Waals surface area contributed by atoms with E-state index in [2.05, 4.69) is 4.99 Å². The van der Waals surface area contributed by atoms with Gasteiger partial charge in [0.2, 0.25) is 11.8 Å². The highest BCUT2D eigenvalue weighted by atomic mass is 35.5. The molecule has 1 heterocycles. The molecule has 0 bridgehead atoms. The van der Waals surface area contributed by atoms with Gasteiger partial charge in [0.1, 0.15) is 0 Å². The minimum atomic E-state index is -4.53. The molecule has 0 atom stereocenters. The molecule has 1 aliphatic rings. The Morgan fingerprint density at radius 2 is 1.73 bits per heavy atom. The van der Waals surface area contributed by atoms with E-state index in [0.717, 1.165) is 24.4 Å². The van der Waals surface area contributed by atoms with E-state index >= 15 is 0 Å². The van der Waals surface area contributed by atoms with Gasteiger partial charge in [-0.3, -0.25) is 24.4 Å². The Labute approximate surface area is 158 Å². The highest BCUT2D eigenvalue weighted by Gasteiger charge is 2.41. The summed E-state index contributed by atoms with van der Waals surface area (Å²) in [5.74, 6) is -2.27. The zero-order chi connectivity index (χ0) is 19.6. The maximum atomic E-state index is 12.7. The van der Waals surface area contributed by atoms with Crippen molar-refractivity contribution in [3.63, 3.8) is 0 Å². The molecule has 5 nitrogen and oxygen atoms in total. The van der Waals surface area contributed by atoms with Crippen molar-refractivity contribution in [2.24, 2.45) is 10.9 Å². The first-order valence-electron chi connectivity index (χ1n) is 7.69. The smallest absolute Gasteiger partial charge is 0.288 e. The van der Waals surface area contributed by atoms with Gasteiger partial charge >= 0.3 is 6.18 Å². The van der Waals surface area contributed by atoms with E-state index in [4.69, 9.17) is 23.8 Å². The Balaban J connectivity index is 2.32. The van der Waals surface area contributed by atoms with E-state index in [1.54, 1.807) is 13.8 Å². The van der Waals surface area contributed by atoms with Crippen molar-refractivity contribution in [3.8, 4) is 0 Å². The normalized spacial score (nSPS) is 16.9. The van der Waals surface area contributed by atoms with Crippen LogP contribution in [-0.4, -0.2) is 46.0 Å². The number of hydrogen-bond acceptors (Lipinski definition) is 4. The van der Waals surface area contributed by atoms with Crippen LogP contribution in [-0.2, 0) is 15.8 Å². The second kappa shape index (κ2) is 7.71. The van der Waals surface area contributed by atoms with Crippen LogP contribution in [0.1, 0.15) is 19.4 Å². The third kappa shape index (κ3) is 3.88. The van der Waals surface area contributed by atoms with E-state index in [0.29, 0.717) is 0 Å². The van der Waals surface area contributed by atoms with E-state index in [-0.39, 0.29) is 28.9 Å². The maximum Gasteiger partial charge on any atom is 0.416 e. The number of carbonyl (C=O) groups is 2. The summed E-state index contributed by atoms with van der Waals surface area (Å²) in [5, 5.41) is -0.107. The van der Waals surface area contributed by atoms with Crippen LogP contribution >= 0.6 is 23.8 Å². The van der Waals surface area contributed by atoms with E-state index < -0.39 is 29.5 Å². The standard InChI is InChI=1S/C16H15ClF3N3O2S/c1-3-22-13(24)10(14(25)23(4-2)15(22)26)8-21-12-6-5-9(7-11(12)17)16(18,19)20/h5-8,10H,3-4H2,1-2H3. The van der Waals surface area contributed by atoms with Crippen molar-refractivity contribution in [1.82, 2.24) is 9.80 Å². The lowest BCUT2D eigenvalue weighted by Gasteiger charge is -2.37. The highest BCUT2D eigenvalue weighted by Crippen LogP contribution is 2.34. The number of benzene rings is 1. The molecule has 1 saturated heterocycles. The van der Waals surface area contributed by atoms with Crippen LogP contribution < -0.4 is 0 Å². The summed E-state index contributed by atoms with van der Waals surface area (Å²) in [6.07, 6.45) is -3.44. The molecule has 0 radical (unpaired) electrons. The monoisotopic (exact) mass is 405 g/mol. The maximum absolute atomic E-state index is 12.7. The second-order valence-corrected chi connectivity index (χ2v) is 6.14. The predicted molar refractivity (Wildman–Crippen MR) is 95.5 cm³/mol. The minimum absolute atomic E-state index is 0.0273. The number of amides is 2. The van der Waals surface area contributed by atoms with Crippen molar-refractivity contribution < 1.29 is 22.8 Å². The number of rotatable bonds is 4. The van der Waals surface area contributed by atoms with Gasteiger partial charge < -0.3 is 0 Å². The van der Waals surface area contributed by atoms with Crippen LogP contribution in [0.25, 0.3) is 0 Å². The molecule has 0 spiro atoms. The average molecular weight is 406 g/mol. The van der Waals surface area contributed by atoms with Crippen molar-refractivity contribution >= 4 is 52.6 Å². The van der Waals surface area contributed by atoms with Crippen molar-refractivity contribution in [1.29, 1.82) is 0 Å². The fourth-order valence-electron chi connectivity index (χ4n) is 2.43. The van der Waals surface area contributed by atoms with Gasteiger partial charge in [-0.05, 0) is 44.3 Å². The summed E-state index contributed by atoms with van der Waals surface area (Å²) in [6.45, 7) is 4.00. The Kier molecular flexibility index (Phi) is 6.02. The molecule has 2 amide bonds. The zero-order valence-electron chi connectivity index (χ0n) is 13.9. The number of aliphatic imine (C=N–C) groups is 1. The summed E-state index contributed by atoms with van der Waals surface area (Å²) in [6, 6.07) is 2.65. The molecule has 1 aromatic carbocycles.